The molecule has 1 aromatic rings. The third-order valence-electron chi connectivity index (χ3n) is 4.55. The fourth-order valence-electron chi connectivity index (χ4n) is 3.22. The van der Waals surface area contributed by atoms with Crippen LogP contribution in [0.1, 0.15) is 30.3 Å². The predicted molar refractivity (Wildman–Crippen MR) is 73.5 cm³/mol. The Morgan fingerprint density at radius 1 is 1.41 bits per heavy atom. The van der Waals surface area contributed by atoms with Crippen LogP contribution >= 0.6 is 11.3 Å². The van der Waals surface area contributed by atoms with E-state index in [2.05, 4.69) is 35.5 Å². The zero-order valence-corrected chi connectivity index (χ0v) is 11.6. The molecule has 1 N–H and O–H groups in total. The molecule has 3 heteroatoms. The average molecular weight is 250 g/mol. The average Bonchev–Trinajstić information content (AvgIpc) is 2.92. The lowest BCUT2D eigenvalue weighted by Crippen LogP contribution is -2.38. The van der Waals surface area contributed by atoms with E-state index in [9.17, 15) is 0 Å². The second kappa shape index (κ2) is 4.71. The SMILES string of the molecule is CC1CNCC1CN1CCc2sccc2C1C. The smallest absolute Gasteiger partial charge is 0.0331 e. The topological polar surface area (TPSA) is 15.3 Å². The molecule has 0 amide bonds. The Balaban J connectivity index is 1.69. The summed E-state index contributed by atoms with van der Waals surface area (Å²) in [6.45, 7) is 9.69. The van der Waals surface area contributed by atoms with E-state index in [4.69, 9.17) is 0 Å². The molecular weight excluding hydrogens is 228 g/mol. The van der Waals surface area contributed by atoms with E-state index in [1.165, 1.54) is 32.6 Å². The van der Waals surface area contributed by atoms with Crippen molar-refractivity contribution in [1.82, 2.24) is 10.2 Å². The van der Waals surface area contributed by atoms with Crippen molar-refractivity contribution in [2.24, 2.45) is 11.8 Å². The summed E-state index contributed by atoms with van der Waals surface area (Å²) >= 11 is 1.94. The second-order valence-electron chi connectivity index (χ2n) is 5.62. The van der Waals surface area contributed by atoms with Crippen molar-refractivity contribution in [3.05, 3.63) is 21.9 Å². The van der Waals surface area contributed by atoms with E-state index >= 15 is 0 Å². The normalized spacial score (nSPS) is 33.9. The molecule has 2 aliphatic rings. The van der Waals surface area contributed by atoms with E-state index in [0.29, 0.717) is 6.04 Å². The molecule has 3 unspecified atom stereocenters. The van der Waals surface area contributed by atoms with Crippen LogP contribution in [-0.4, -0.2) is 31.1 Å². The van der Waals surface area contributed by atoms with Crippen LogP contribution in [0.3, 0.4) is 0 Å². The Morgan fingerprint density at radius 2 is 2.29 bits per heavy atom. The Morgan fingerprint density at radius 3 is 3.06 bits per heavy atom. The Bertz CT molecular complexity index is 387. The molecule has 1 fully saturated rings. The van der Waals surface area contributed by atoms with Crippen molar-refractivity contribution < 1.29 is 0 Å². The van der Waals surface area contributed by atoms with Gasteiger partial charge in [0.1, 0.15) is 0 Å². The highest BCUT2D eigenvalue weighted by molar-refractivity contribution is 7.10. The molecule has 1 aromatic heterocycles. The van der Waals surface area contributed by atoms with Crippen LogP contribution in [0.2, 0.25) is 0 Å². The lowest BCUT2D eigenvalue weighted by atomic mass is 9.94. The highest BCUT2D eigenvalue weighted by Gasteiger charge is 2.30. The van der Waals surface area contributed by atoms with Crippen LogP contribution in [0.25, 0.3) is 0 Å². The number of rotatable bonds is 2. The molecule has 0 aliphatic carbocycles. The highest BCUT2D eigenvalue weighted by Crippen LogP contribution is 2.34. The van der Waals surface area contributed by atoms with Gasteiger partial charge >= 0.3 is 0 Å². The summed E-state index contributed by atoms with van der Waals surface area (Å²) in [7, 11) is 0. The Labute approximate surface area is 108 Å². The molecule has 17 heavy (non-hydrogen) atoms. The first kappa shape index (κ1) is 11.7. The zero-order chi connectivity index (χ0) is 11.8. The molecule has 0 bridgehead atoms. The minimum atomic E-state index is 0.623. The van der Waals surface area contributed by atoms with Gasteiger partial charge in [0.25, 0.3) is 0 Å². The van der Waals surface area contributed by atoms with Crippen LogP contribution in [0.15, 0.2) is 11.4 Å². The van der Waals surface area contributed by atoms with Gasteiger partial charge in [-0.25, -0.2) is 0 Å². The van der Waals surface area contributed by atoms with Crippen LogP contribution in [0.4, 0.5) is 0 Å². The van der Waals surface area contributed by atoms with Crippen LogP contribution in [0, 0.1) is 11.8 Å². The standard InChI is InChI=1S/C14H22N2S/c1-10-7-15-8-12(10)9-16-5-3-14-13(11(16)2)4-6-17-14/h4,6,10-12,15H,3,5,7-9H2,1-2H3. The van der Waals surface area contributed by atoms with E-state index in [-0.39, 0.29) is 0 Å². The van der Waals surface area contributed by atoms with E-state index < -0.39 is 0 Å². The number of hydrogen-bond donors (Lipinski definition) is 1. The van der Waals surface area contributed by atoms with Gasteiger partial charge in [-0.1, -0.05) is 6.92 Å². The van der Waals surface area contributed by atoms with Gasteiger partial charge in [-0.05, 0) is 55.3 Å². The minimum absolute atomic E-state index is 0.623. The van der Waals surface area contributed by atoms with E-state index in [1.807, 2.05) is 11.3 Å². The van der Waals surface area contributed by atoms with Crippen molar-refractivity contribution in [2.45, 2.75) is 26.3 Å². The van der Waals surface area contributed by atoms with Gasteiger partial charge < -0.3 is 5.32 Å². The molecule has 3 atom stereocenters. The maximum absolute atomic E-state index is 3.52. The number of thiophene rings is 1. The van der Waals surface area contributed by atoms with Gasteiger partial charge in [-0.3, -0.25) is 4.90 Å². The van der Waals surface area contributed by atoms with Gasteiger partial charge in [0.05, 0.1) is 0 Å². The molecule has 0 radical (unpaired) electrons. The van der Waals surface area contributed by atoms with Gasteiger partial charge in [0.15, 0.2) is 0 Å². The molecule has 1 saturated heterocycles. The molecule has 0 saturated carbocycles. The number of nitrogens with zero attached hydrogens (tertiary/aromatic N) is 1. The lowest BCUT2D eigenvalue weighted by Gasteiger charge is -2.36. The van der Waals surface area contributed by atoms with Gasteiger partial charge in [0, 0.05) is 24.0 Å². The minimum Gasteiger partial charge on any atom is -0.316 e. The number of nitrogens with one attached hydrogen (secondary N) is 1. The van der Waals surface area contributed by atoms with Gasteiger partial charge in [-0.2, -0.15) is 0 Å². The van der Waals surface area contributed by atoms with Crippen molar-refractivity contribution >= 4 is 11.3 Å². The van der Waals surface area contributed by atoms with Crippen molar-refractivity contribution in [2.75, 3.05) is 26.2 Å². The summed E-state index contributed by atoms with van der Waals surface area (Å²) in [5, 5.41) is 5.77. The largest absolute Gasteiger partial charge is 0.316 e. The fraction of sp³-hybridized carbons (Fsp3) is 0.714. The second-order valence-corrected chi connectivity index (χ2v) is 6.62. The Hall–Kier alpha value is -0.380. The summed E-state index contributed by atoms with van der Waals surface area (Å²) in [5.41, 5.74) is 1.58. The third kappa shape index (κ3) is 2.16. The van der Waals surface area contributed by atoms with Crippen LogP contribution in [-0.2, 0) is 6.42 Å². The molecule has 2 nitrogen and oxygen atoms in total. The molecule has 0 spiro atoms. The summed E-state index contributed by atoms with van der Waals surface area (Å²) in [6.07, 6.45) is 1.26. The van der Waals surface area contributed by atoms with Crippen LogP contribution in [0.5, 0.6) is 0 Å². The predicted octanol–water partition coefficient (Wildman–Crippen LogP) is 2.52. The Kier molecular flexibility index (Phi) is 3.24. The molecule has 0 aromatic carbocycles. The van der Waals surface area contributed by atoms with Crippen LogP contribution < -0.4 is 5.32 Å². The number of fused-ring (bicyclic) bond motifs is 1. The first-order valence-corrected chi connectivity index (χ1v) is 7.64. The molecule has 2 aliphatic heterocycles. The zero-order valence-electron chi connectivity index (χ0n) is 10.8. The summed E-state index contributed by atoms with van der Waals surface area (Å²) in [6, 6.07) is 2.95. The van der Waals surface area contributed by atoms with E-state index in [0.717, 1.165) is 11.8 Å². The molecule has 3 rings (SSSR count). The van der Waals surface area contributed by atoms with Crippen molar-refractivity contribution in [3.63, 3.8) is 0 Å². The third-order valence-corrected chi connectivity index (χ3v) is 5.55. The summed E-state index contributed by atoms with van der Waals surface area (Å²) < 4.78 is 0. The maximum atomic E-state index is 3.52. The van der Waals surface area contributed by atoms with E-state index in [1.54, 1.807) is 10.4 Å². The van der Waals surface area contributed by atoms with Gasteiger partial charge in [0.2, 0.25) is 0 Å². The molecule has 94 valence electrons. The fourth-order valence-corrected chi connectivity index (χ4v) is 4.18. The summed E-state index contributed by atoms with van der Waals surface area (Å²) in [5.74, 6) is 1.68. The number of hydrogen-bond acceptors (Lipinski definition) is 3. The van der Waals surface area contributed by atoms with Crippen molar-refractivity contribution in [1.29, 1.82) is 0 Å². The van der Waals surface area contributed by atoms with Crippen molar-refractivity contribution in [3.8, 4) is 0 Å². The monoisotopic (exact) mass is 250 g/mol. The molecule has 3 heterocycles. The first-order chi connectivity index (χ1) is 8.25. The maximum Gasteiger partial charge on any atom is 0.0331 e. The molecular formula is C14H22N2S. The highest BCUT2D eigenvalue weighted by atomic mass is 32.1. The van der Waals surface area contributed by atoms with Gasteiger partial charge in [-0.15, -0.1) is 11.3 Å². The quantitative estimate of drug-likeness (QED) is 0.867. The lowest BCUT2D eigenvalue weighted by molar-refractivity contribution is 0.161. The summed E-state index contributed by atoms with van der Waals surface area (Å²) in [4.78, 5) is 4.30. The first-order valence-electron chi connectivity index (χ1n) is 6.76.